The van der Waals surface area contributed by atoms with Crippen LogP contribution in [0.4, 0.5) is 0 Å². The van der Waals surface area contributed by atoms with E-state index in [2.05, 4.69) is 41.0 Å². The fourth-order valence-corrected chi connectivity index (χ4v) is 3.21. The zero-order chi connectivity index (χ0) is 18.7. The third-order valence-corrected chi connectivity index (χ3v) is 4.47. The molecule has 3 aromatic rings. The summed E-state index contributed by atoms with van der Waals surface area (Å²) < 4.78 is 18.6. The summed E-state index contributed by atoms with van der Waals surface area (Å²) in [5, 5.41) is 5.16. The molecule has 1 aromatic heterocycles. The first kappa shape index (κ1) is 17.7. The monoisotopic (exact) mass is 353 g/mol. The standard InChI is InChI=1S/C20H23N3O3/c1-5-23-11-10-13-12-14(6-8-16(13)23)18(22-21)15-7-9-17(24-2)20(26-4)19(15)25-3/h6-12H,5,21H2,1-4H3/b22-18-. The molecule has 6 heteroatoms. The van der Waals surface area contributed by atoms with Gasteiger partial charge in [0.25, 0.3) is 0 Å². The molecule has 136 valence electrons. The molecule has 0 aliphatic heterocycles. The minimum atomic E-state index is 0.506. The highest BCUT2D eigenvalue weighted by atomic mass is 16.5. The molecule has 0 bridgehead atoms. The van der Waals surface area contributed by atoms with Gasteiger partial charge in [-0.2, -0.15) is 5.10 Å². The second kappa shape index (κ2) is 7.39. The molecule has 0 spiro atoms. The lowest BCUT2D eigenvalue weighted by Gasteiger charge is -2.17. The number of ether oxygens (including phenoxy) is 3. The number of aromatic nitrogens is 1. The molecule has 0 saturated heterocycles. The highest BCUT2D eigenvalue weighted by Gasteiger charge is 2.20. The van der Waals surface area contributed by atoms with Crippen LogP contribution in [0, 0.1) is 0 Å². The van der Waals surface area contributed by atoms with Gasteiger partial charge < -0.3 is 24.6 Å². The zero-order valence-corrected chi connectivity index (χ0v) is 15.4. The van der Waals surface area contributed by atoms with Gasteiger partial charge in [-0.1, -0.05) is 6.07 Å². The van der Waals surface area contributed by atoms with Crippen molar-refractivity contribution >= 4 is 16.6 Å². The molecule has 0 amide bonds. The normalized spacial score (nSPS) is 11.6. The number of benzene rings is 2. The maximum Gasteiger partial charge on any atom is 0.203 e. The van der Waals surface area contributed by atoms with Gasteiger partial charge in [0, 0.05) is 34.8 Å². The Balaban J connectivity index is 2.15. The molecule has 1 heterocycles. The molecule has 2 N–H and O–H groups in total. The third kappa shape index (κ3) is 2.83. The van der Waals surface area contributed by atoms with Crippen LogP contribution < -0.4 is 20.1 Å². The van der Waals surface area contributed by atoms with Crippen molar-refractivity contribution in [1.82, 2.24) is 4.57 Å². The lowest BCUT2D eigenvalue weighted by molar-refractivity contribution is 0.324. The van der Waals surface area contributed by atoms with Gasteiger partial charge in [-0.25, -0.2) is 0 Å². The van der Waals surface area contributed by atoms with Crippen LogP contribution >= 0.6 is 0 Å². The Morgan fingerprint density at radius 1 is 1.00 bits per heavy atom. The van der Waals surface area contributed by atoms with Crippen molar-refractivity contribution in [1.29, 1.82) is 0 Å². The van der Waals surface area contributed by atoms with Crippen LogP contribution in [-0.2, 0) is 6.54 Å². The smallest absolute Gasteiger partial charge is 0.203 e. The largest absolute Gasteiger partial charge is 0.493 e. The molecule has 0 atom stereocenters. The van der Waals surface area contributed by atoms with E-state index < -0.39 is 0 Å². The molecule has 0 aliphatic rings. The number of hydrazone groups is 1. The number of hydrogen-bond donors (Lipinski definition) is 1. The lowest BCUT2D eigenvalue weighted by atomic mass is 9.99. The Kier molecular flexibility index (Phi) is 5.02. The fraction of sp³-hybridized carbons (Fsp3) is 0.250. The highest BCUT2D eigenvalue weighted by molar-refractivity contribution is 6.16. The van der Waals surface area contributed by atoms with E-state index in [9.17, 15) is 0 Å². The first-order valence-electron chi connectivity index (χ1n) is 8.34. The molecule has 6 nitrogen and oxygen atoms in total. The molecule has 2 aromatic carbocycles. The zero-order valence-electron chi connectivity index (χ0n) is 15.4. The summed E-state index contributed by atoms with van der Waals surface area (Å²) in [7, 11) is 4.74. The van der Waals surface area contributed by atoms with E-state index in [-0.39, 0.29) is 0 Å². The lowest BCUT2D eigenvalue weighted by Crippen LogP contribution is -2.10. The van der Waals surface area contributed by atoms with E-state index in [1.54, 1.807) is 21.3 Å². The Hall–Kier alpha value is -3.15. The number of hydrogen-bond acceptors (Lipinski definition) is 5. The minimum Gasteiger partial charge on any atom is -0.493 e. The Bertz CT molecular complexity index is 960. The van der Waals surface area contributed by atoms with Crippen molar-refractivity contribution in [2.75, 3.05) is 21.3 Å². The van der Waals surface area contributed by atoms with E-state index >= 15 is 0 Å². The third-order valence-electron chi connectivity index (χ3n) is 4.47. The van der Waals surface area contributed by atoms with Gasteiger partial charge in [0.1, 0.15) is 5.71 Å². The molecule has 0 radical (unpaired) electrons. The van der Waals surface area contributed by atoms with E-state index in [1.165, 1.54) is 5.52 Å². The average Bonchev–Trinajstić information content (AvgIpc) is 3.10. The minimum absolute atomic E-state index is 0.506. The van der Waals surface area contributed by atoms with E-state index in [0.717, 1.165) is 23.1 Å². The number of nitrogens with two attached hydrogens (primary N) is 1. The molecule has 26 heavy (non-hydrogen) atoms. The molecule has 0 unspecified atom stereocenters. The second-order valence-corrected chi connectivity index (χ2v) is 5.73. The molecule has 0 fully saturated rings. The van der Waals surface area contributed by atoms with Crippen molar-refractivity contribution in [3.63, 3.8) is 0 Å². The van der Waals surface area contributed by atoms with Crippen LogP contribution in [0.15, 0.2) is 47.7 Å². The molecule has 0 saturated carbocycles. The average molecular weight is 353 g/mol. The number of fused-ring (bicyclic) bond motifs is 1. The van der Waals surface area contributed by atoms with E-state index in [0.29, 0.717) is 23.0 Å². The first-order valence-corrected chi connectivity index (χ1v) is 8.34. The maximum atomic E-state index is 5.75. The Morgan fingerprint density at radius 2 is 1.77 bits per heavy atom. The summed E-state index contributed by atoms with van der Waals surface area (Å²) in [4.78, 5) is 0. The predicted molar refractivity (Wildman–Crippen MR) is 104 cm³/mol. The van der Waals surface area contributed by atoms with Crippen LogP contribution in [0.2, 0.25) is 0 Å². The van der Waals surface area contributed by atoms with Gasteiger partial charge in [-0.05, 0) is 37.3 Å². The van der Waals surface area contributed by atoms with Crippen molar-refractivity contribution in [3.05, 3.63) is 53.7 Å². The summed E-state index contributed by atoms with van der Waals surface area (Å²) in [5.74, 6) is 7.37. The number of aryl methyl sites for hydroxylation is 1. The Morgan fingerprint density at radius 3 is 2.38 bits per heavy atom. The van der Waals surface area contributed by atoms with Crippen molar-refractivity contribution in [2.24, 2.45) is 10.9 Å². The molecular formula is C20H23N3O3. The molecular weight excluding hydrogens is 330 g/mol. The Labute approximate surface area is 152 Å². The quantitative estimate of drug-likeness (QED) is 0.419. The topological polar surface area (TPSA) is 71.0 Å². The maximum absolute atomic E-state index is 5.75. The van der Waals surface area contributed by atoms with Crippen molar-refractivity contribution in [3.8, 4) is 17.2 Å². The summed E-state index contributed by atoms with van der Waals surface area (Å²) >= 11 is 0. The van der Waals surface area contributed by atoms with Crippen LogP contribution in [0.5, 0.6) is 17.2 Å². The van der Waals surface area contributed by atoms with Gasteiger partial charge in [0.05, 0.1) is 21.3 Å². The summed E-state index contributed by atoms with van der Waals surface area (Å²) in [6, 6.07) is 11.9. The molecule has 3 rings (SSSR count). The SMILES string of the molecule is CCn1ccc2cc(/C(=N/N)c3ccc(OC)c(OC)c3OC)ccc21. The van der Waals surface area contributed by atoms with Gasteiger partial charge in [-0.15, -0.1) is 0 Å². The highest BCUT2D eigenvalue weighted by Crippen LogP contribution is 2.40. The fourth-order valence-electron chi connectivity index (χ4n) is 3.21. The first-order chi connectivity index (χ1) is 12.7. The van der Waals surface area contributed by atoms with Crippen LogP contribution in [0.3, 0.4) is 0 Å². The van der Waals surface area contributed by atoms with Gasteiger partial charge in [-0.3, -0.25) is 0 Å². The summed E-state index contributed by atoms with van der Waals surface area (Å²) in [5.41, 5.74) is 3.43. The molecule has 0 aliphatic carbocycles. The van der Waals surface area contributed by atoms with Crippen molar-refractivity contribution in [2.45, 2.75) is 13.5 Å². The van der Waals surface area contributed by atoms with Gasteiger partial charge >= 0.3 is 0 Å². The summed E-state index contributed by atoms with van der Waals surface area (Å²) in [6.45, 7) is 3.04. The predicted octanol–water partition coefficient (Wildman–Crippen LogP) is 3.40. The van der Waals surface area contributed by atoms with Crippen LogP contribution in [0.1, 0.15) is 18.1 Å². The number of rotatable bonds is 6. The summed E-state index contributed by atoms with van der Waals surface area (Å²) in [6.07, 6.45) is 2.07. The van der Waals surface area contributed by atoms with Gasteiger partial charge in [0.2, 0.25) is 5.75 Å². The van der Waals surface area contributed by atoms with Gasteiger partial charge in [0.15, 0.2) is 11.5 Å². The van der Waals surface area contributed by atoms with Crippen LogP contribution in [-0.4, -0.2) is 31.6 Å². The van der Waals surface area contributed by atoms with Crippen molar-refractivity contribution < 1.29 is 14.2 Å². The number of methoxy groups -OCH3 is 3. The van der Waals surface area contributed by atoms with E-state index in [4.69, 9.17) is 20.1 Å². The van der Waals surface area contributed by atoms with Crippen LogP contribution in [0.25, 0.3) is 10.9 Å². The number of nitrogens with zero attached hydrogens (tertiary/aromatic N) is 2. The van der Waals surface area contributed by atoms with E-state index in [1.807, 2.05) is 18.2 Å². The second-order valence-electron chi connectivity index (χ2n) is 5.73.